The first-order valence-corrected chi connectivity index (χ1v) is 21.8. The quantitative estimate of drug-likeness (QED) is 0.111. The van der Waals surface area contributed by atoms with Crippen molar-refractivity contribution >= 4 is 88.0 Å². The Bertz CT molecular complexity index is 3520. The molecule has 314 valence electrons. The van der Waals surface area contributed by atoms with Crippen molar-refractivity contribution in [1.82, 2.24) is 0 Å². The van der Waals surface area contributed by atoms with Crippen LogP contribution in [0.4, 0.5) is 51.7 Å². The molecule has 0 bridgehead atoms. The molecule has 0 saturated heterocycles. The van der Waals surface area contributed by atoms with Gasteiger partial charge in [-0.05, 0) is 92.0 Å². The lowest BCUT2D eigenvalue weighted by Crippen LogP contribution is -2.13. The Morgan fingerprint density at radius 2 is 0.591 bits per heavy atom. The molecule has 0 aliphatic carbocycles. The molecule has 2 nitrogen and oxygen atoms in total. The zero-order valence-corrected chi connectivity index (χ0v) is 35.2. The van der Waals surface area contributed by atoms with Crippen LogP contribution < -0.4 is 9.80 Å². The lowest BCUT2D eigenvalue weighted by Gasteiger charge is -2.30. The molecule has 0 saturated carbocycles. The molecule has 6 heteroatoms. The molecule has 0 heterocycles. The first-order chi connectivity index (χ1) is 32.4. The maximum atomic E-state index is 16.5. The van der Waals surface area contributed by atoms with E-state index in [2.05, 4.69) is 24.3 Å². The van der Waals surface area contributed by atoms with Crippen LogP contribution in [-0.4, -0.2) is 0 Å². The van der Waals surface area contributed by atoms with E-state index < -0.39 is 23.3 Å². The summed E-state index contributed by atoms with van der Waals surface area (Å²) < 4.78 is 65.9. The summed E-state index contributed by atoms with van der Waals surface area (Å²) in [5.41, 5.74) is 4.29. The average Bonchev–Trinajstić information content (AvgIpc) is 3.34. The molecule has 0 atom stereocenters. The van der Waals surface area contributed by atoms with Crippen molar-refractivity contribution < 1.29 is 17.6 Å². The van der Waals surface area contributed by atoms with E-state index in [-0.39, 0.29) is 11.1 Å². The third kappa shape index (κ3) is 6.33. The Morgan fingerprint density at radius 3 is 1.00 bits per heavy atom. The topological polar surface area (TPSA) is 6.48 Å². The molecule has 0 aliphatic rings. The molecule has 0 spiro atoms. The molecule has 0 aromatic heterocycles. The van der Waals surface area contributed by atoms with Crippen molar-refractivity contribution in [3.05, 3.63) is 242 Å². The fourth-order valence-electron chi connectivity index (χ4n) is 9.92. The van der Waals surface area contributed by atoms with Crippen LogP contribution in [0, 0.1) is 23.3 Å². The zero-order chi connectivity index (χ0) is 44.5. The Balaban J connectivity index is 1.12. The first-order valence-electron chi connectivity index (χ1n) is 21.8. The molecule has 0 aliphatic heterocycles. The Hall–Kier alpha value is -8.48. The van der Waals surface area contributed by atoms with Gasteiger partial charge in [0, 0.05) is 21.5 Å². The predicted octanol–water partition coefficient (Wildman–Crippen LogP) is 17.7. The van der Waals surface area contributed by atoms with Crippen LogP contribution in [0.3, 0.4) is 0 Å². The van der Waals surface area contributed by atoms with Gasteiger partial charge < -0.3 is 9.80 Å². The smallest absolute Gasteiger partial charge is 0.136 e. The largest absolute Gasteiger partial charge is 0.309 e. The lowest BCUT2D eigenvalue weighted by molar-refractivity contribution is 0.589. The van der Waals surface area contributed by atoms with E-state index in [1.54, 1.807) is 48.5 Å². The second-order valence-corrected chi connectivity index (χ2v) is 16.6. The van der Waals surface area contributed by atoms with Gasteiger partial charge in [0.05, 0.1) is 45.3 Å². The highest BCUT2D eigenvalue weighted by atomic mass is 19.1. The van der Waals surface area contributed by atoms with Crippen LogP contribution in [0.2, 0.25) is 0 Å². The summed E-state index contributed by atoms with van der Waals surface area (Å²) in [6, 6.07) is 67.4. The summed E-state index contributed by atoms with van der Waals surface area (Å²) in [5.74, 6) is -2.71. The van der Waals surface area contributed by atoms with Crippen molar-refractivity contribution in [2.24, 2.45) is 0 Å². The number of fused-ring (bicyclic) bond motifs is 2. The molecule has 0 radical (unpaired) electrons. The number of nitrogens with zero attached hydrogens (tertiary/aromatic N) is 2. The maximum absolute atomic E-state index is 16.5. The molecule has 0 unspecified atom stereocenters. The molecule has 12 aromatic rings. The number of rotatable bonds is 8. The normalized spacial score (nSPS) is 11.6. The monoisotopic (exact) mass is 860 g/mol. The summed E-state index contributed by atoms with van der Waals surface area (Å²) >= 11 is 0. The van der Waals surface area contributed by atoms with Crippen molar-refractivity contribution in [2.45, 2.75) is 0 Å². The zero-order valence-electron chi connectivity index (χ0n) is 35.2. The standard InChI is InChI=1S/C60H36F4N2/c61-49-33-43(34-50(62)59(49)39-15-3-1-4-16-39)65(53-23-11-19-37-13-7-9-21-45(37)53)55-31-27-41-26-30-48-56(32-28-42-25-29-47(55)57(41)58(42)48)66(54-24-12-20-38-14-8-10-22-46(38)54)44-35-51(63)60(52(64)36-44)40-17-5-2-6-18-40/h1-36H. The molecular weight excluding hydrogens is 825 g/mol. The summed E-state index contributed by atoms with van der Waals surface area (Å²) in [5, 5.41) is 9.25. The predicted molar refractivity (Wildman–Crippen MR) is 265 cm³/mol. The van der Waals surface area contributed by atoms with Crippen molar-refractivity contribution in [3.8, 4) is 22.3 Å². The van der Waals surface area contributed by atoms with Gasteiger partial charge in [-0.15, -0.1) is 0 Å². The summed E-state index contributed by atoms with van der Waals surface area (Å²) in [7, 11) is 0. The van der Waals surface area contributed by atoms with Gasteiger partial charge in [-0.25, -0.2) is 17.6 Å². The van der Waals surface area contributed by atoms with E-state index in [0.29, 0.717) is 22.5 Å². The van der Waals surface area contributed by atoms with Crippen LogP contribution in [-0.2, 0) is 0 Å². The van der Waals surface area contributed by atoms with Gasteiger partial charge in [0.15, 0.2) is 0 Å². The maximum Gasteiger partial charge on any atom is 0.136 e. The number of anilines is 6. The summed E-state index contributed by atoms with van der Waals surface area (Å²) in [4.78, 5) is 3.89. The van der Waals surface area contributed by atoms with Gasteiger partial charge in [-0.2, -0.15) is 0 Å². The third-order valence-corrected chi connectivity index (χ3v) is 12.8. The summed E-state index contributed by atoms with van der Waals surface area (Å²) in [6.07, 6.45) is 0. The van der Waals surface area contributed by atoms with Crippen molar-refractivity contribution in [1.29, 1.82) is 0 Å². The van der Waals surface area contributed by atoms with Crippen LogP contribution in [0.15, 0.2) is 218 Å². The second-order valence-electron chi connectivity index (χ2n) is 16.6. The van der Waals surface area contributed by atoms with Gasteiger partial charge >= 0.3 is 0 Å². The first kappa shape index (κ1) is 39.1. The summed E-state index contributed by atoms with van der Waals surface area (Å²) in [6.45, 7) is 0. The van der Waals surface area contributed by atoms with E-state index in [9.17, 15) is 0 Å². The molecule has 12 rings (SSSR count). The number of benzene rings is 12. The second kappa shape index (κ2) is 15.6. The number of hydrogen-bond acceptors (Lipinski definition) is 2. The third-order valence-electron chi connectivity index (χ3n) is 12.8. The van der Waals surface area contributed by atoms with Gasteiger partial charge in [-0.3, -0.25) is 0 Å². The molecular formula is C60H36F4N2. The molecule has 0 N–H and O–H groups in total. The molecule has 0 amide bonds. The van der Waals surface area contributed by atoms with Gasteiger partial charge in [0.25, 0.3) is 0 Å². The highest BCUT2D eigenvalue weighted by molar-refractivity contribution is 6.28. The van der Waals surface area contributed by atoms with Crippen molar-refractivity contribution in [2.75, 3.05) is 9.80 Å². The average molecular weight is 861 g/mol. The van der Waals surface area contributed by atoms with Crippen LogP contribution in [0.25, 0.3) is 76.1 Å². The number of hydrogen-bond donors (Lipinski definition) is 0. The van der Waals surface area contributed by atoms with E-state index in [1.165, 1.54) is 24.3 Å². The molecule has 12 aromatic carbocycles. The minimum Gasteiger partial charge on any atom is -0.309 e. The Kier molecular flexibility index (Phi) is 9.28. The SMILES string of the molecule is Fc1cc(N(c2cccc3ccccc23)c2ccc3ccc4c(N(c5cc(F)c(-c6ccccc6)c(F)c5)c5cccc6ccccc56)ccc5ccc2c3c54)cc(F)c1-c1ccccc1. The minimum absolute atomic E-state index is 0.0923. The van der Waals surface area contributed by atoms with Gasteiger partial charge in [0.2, 0.25) is 0 Å². The Labute approximate surface area is 377 Å². The van der Waals surface area contributed by atoms with E-state index >= 15 is 17.6 Å². The van der Waals surface area contributed by atoms with Crippen LogP contribution in [0.1, 0.15) is 0 Å². The van der Waals surface area contributed by atoms with Gasteiger partial charge in [0.1, 0.15) is 23.3 Å². The van der Waals surface area contributed by atoms with Gasteiger partial charge in [-0.1, -0.05) is 170 Å². The lowest BCUT2D eigenvalue weighted by atomic mass is 9.91. The fourth-order valence-corrected chi connectivity index (χ4v) is 9.92. The van der Waals surface area contributed by atoms with Crippen LogP contribution in [0.5, 0.6) is 0 Å². The number of halogens is 4. The Morgan fingerprint density at radius 1 is 0.258 bits per heavy atom. The van der Waals surface area contributed by atoms with E-state index in [1.807, 2.05) is 131 Å². The van der Waals surface area contributed by atoms with Crippen molar-refractivity contribution in [3.63, 3.8) is 0 Å². The molecule has 66 heavy (non-hydrogen) atoms. The highest BCUT2D eigenvalue weighted by Crippen LogP contribution is 2.50. The molecule has 0 fully saturated rings. The minimum atomic E-state index is -0.679. The van der Waals surface area contributed by atoms with E-state index in [4.69, 9.17) is 0 Å². The highest BCUT2D eigenvalue weighted by Gasteiger charge is 2.26. The van der Waals surface area contributed by atoms with E-state index in [0.717, 1.165) is 76.6 Å². The fraction of sp³-hybridized carbons (Fsp3) is 0. The van der Waals surface area contributed by atoms with Crippen LogP contribution >= 0.6 is 0 Å².